The molecule has 0 unspecified atom stereocenters. The van der Waals surface area contributed by atoms with Gasteiger partial charge in [0.2, 0.25) is 0 Å². The smallest absolute Gasteiger partial charge is 0.0980 e. The van der Waals surface area contributed by atoms with Crippen molar-refractivity contribution in [2.24, 2.45) is 0 Å². The molecule has 0 radical (unpaired) electrons. The van der Waals surface area contributed by atoms with Crippen molar-refractivity contribution in [3.05, 3.63) is 47.5 Å². The van der Waals surface area contributed by atoms with Crippen LogP contribution in [0, 0.1) is 0 Å². The molecule has 16 heavy (non-hydrogen) atoms. The summed E-state index contributed by atoms with van der Waals surface area (Å²) in [4.78, 5) is 11.9. The van der Waals surface area contributed by atoms with Crippen LogP contribution in [0.2, 0.25) is 0 Å². The molecule has 1 N–H and O–H groups in total. The Bertz CT molecular complexity index is 569. The highest BCUT2D eigenvalue weighted by Gasteiger charge is 2.10. The molecule has 0 aromatic carbocycles. The number of rotatable bonds is 2. The van der Waals surface area contributed by atoms with Gasteiger partial charge in [-0.1, -0.05) is 6.07 Å². The van der Waals surface area contributed by atoms with Crippen LogP contribution in [0.25, 0.3) is 22.6 Å². The second-order valence-corrected chi connectivity index (χ2v) is 4.07. The first kappa shape index (κ1) is 9.30. The maximum absolute atomic E-state index is 4.35. The Balaban J connectivity index is 2.14. The van der Waals surface area contributed by atoms with Crippen molar-refractivity contribution in [2.75, 3.05) is 0 Å². The van der Waals surface area contributed by atoms with Crippen LogP contribution in [0.3, 0.4) is 0 Å². The molecule has 0 spiro atoms. The van der Waals surface area contributed by atoms with E-state index < -0.39 is 0 Å². The van der Waals surface area contributed by atoms with Crippen LogP contribution in [0.4, 0.5) is 0 Å². The first-order chi connectivity index (χ1) is 7.95. The minimum absolute atomic E-state index is 0.965. The largest absolute Gasteiger partial charge is 0.359 e. The Hall–Kier alpha value is -1.94. The van der Waals surface area contributed by atoms with E-state index in [1.54, 1.807) is 17.5 Å². The lowest BCUT2D eigenvalue weighted by molar-refractivity contribution is 1.30. The number of pyridine rings is 1. The van der Waals surface area contributed by atoms with Crippen molar-refractivity contribution in [3.63, 3.8) is 0 Å². The van der Waals surface area contributed by atoms with Crippen LogP contribution >= 0.6 is 11.3 Å². The number of H-pyrrole nitrogens is 1. The average molecular weight is 227 g/mol. The maximum Gasteiger partial charge on any atom is 0.0980 e. The quantitative estimate of drug-likeness (QED) is 0.730. The van der Waals surface area contributed by atoms with Gasteiger partial charge in [0.1, 0.15) is 0 Å². The van der Waals surface area contributed by atoms with Crippen LogP contribution in [-0.4, -0.2) is 15.0 Å². The average Bonchev–Trinajstić information content (AvgIpc) is 3.01. The fraction of sp³-hybridized carbons (Fsp3) is 0. The van der Waals surface area contributed by atoms with Crippen LogP contribution < -0.4 is 0 Å². The van der Waals surface area contributed by atoms with Crippen molar-refractivity contribution in [1.29, 1.82) is 0 Å². The molecule has 3 aromatic heterocycles. The number of hydrogen-bond acceptors (Lipinski definition) is 3. The van der Waals surface area contributed by atoms with E-state index in [1.165, 1.54) is 0 Å². The molecular formula is C12H9N3S. The van der Waals surface area contributed by atoms with Gasteiger partial charge in [-0.25, -0.2) is 4.98 Å². The molecule has 0 amide bonds. The van der Waals surface area contributed by atoms with Gasteiger partial charge in [0.05, 0.1) is 22.6 Å². The summed E-state index contributed by atoms with van der Waals surface area (Å²) in [5, 5.41) is 2.03. The third-order valence-corrected chi connectivity index (χ3v) is 2.96. The summed E-state index contributed by atoms with van der Waals surface area (Å²) in [7, 11) is 0. The summed E-state index contributed by atoms with van der Waals surface area (Å²) in [6, 6.07) is 7.93. The van der Waals surface area contributed by atoms with Gasteiger partial charge in [-0.3, -0.25) is 4.98 Å². The van der Waals surface area contributed by atoms with Crippen LogP contribution in [-0.2, 0) is 0 Å². The lowest BCUT2D eigenvalue weighted by Gasteiger charge is -2.00. The number of aromatic amines is 1. The minimum atomic E-state index is 0.965. The summed E-state index contributed by atoms with van der Waals surface area (Å²) in [5.74, 6) is 0. The summed E-state index contributed by atoms with van der Waals surface area (Å²) in [5.41, 5.74) is 5.88. The molecule has 3 nitrogen and oxygen atoms in total. The van der Waals surface area contributed by atoms with Gasteiger partial charge < -0.3 is 4.98 Å². The fourth-order valence-corrected chi connectivity index (χ4v) is 2.20. The van der Waals surface area contributed by atoms with E-state index in [0.29, 0.717) is 0 Å². The van der Waals surface area contributed by atoms with Gasteiger partial charge in [-0.05, 0) is 18.2 Å². The van der Waals surface area contributed by atoms with Crippen molar-refractivity contribution in [3.8, 4) is 22.6 Å². The molecule has 78 valence electrons. The van der Waals surface area contributed by atoms with E-state index in [4.69, 9.17) is 0 Å². The van der Waals surface area contributed by atoms with Crippen LogP contribution in [0.15, 0.2) is 47.5 Å². The highest BCUT2D eigenvalue weighted by atomic mass is 32.1. The molecule has 3 rings (SSSR count). The Morgan fingerprint density at radius 3 is 2.81 bits per heavy atom. The first-order valence-electron chi connectivity index (χ1n) is 4.92. The molecule has 0 saturated heterocycles. The van der Waals surface area contributed by atoms with Crippen LogP contribution in [0.1, 0.15) is 0 Å². The van der Waals surface area contributed by atoms with Crippen molar-refractivity contribution in [2.45, 2.75) is 0 Å². The SMILES string of the molecule is c1ccc(-c2cc[nH]c2-c2cscn2)nc1. The minimum Gasteiger partial charge on any atom is -0.359 e. The number of hydrogen-bond donors (Lipinski definition) is 1. The molecule has 0 atom stereocenters. The van der Waals surface area contributed by atoms with E-state index in [2.05, 4.69) is 15.0 Å². The molecule has 0 aliphatic carbocycles. The topological polar surface area (TPSA) is 41.6 Å². The molecule has 0 aliphatic heterocycles. The predicted molar refractivity (Wildman–Crippen MR) is 65.1 cm³/mol. The van der Waals surface area contributed by atoms with E-state index in [0.717, 1.165) is 22.6 Å². The number of nitrogens with one attached hydrogen (secondary N) is 1. The van der Waals surface area contributed by atoms with Gasteiger partial charge in [-0.15, -0.1) is 11.3 Å². The molecule has 0 bridgehead atoms. The highest BCUT2D eigenvalue weighted by molar-refractivity contribution is 7.07. The molecule has 4 heteroatoms. The normalized spacial score (nSPS) is 10.5. The number of thiazole rings is 1. The molecule has 0 saturated carbocycles. The lowest BCUT2D eigenvalue weighted by Crippen LogP contribution is -1.84. The highest BCUT2D eigenvalue weighted by Crippen LogP contribution is 2.29. The van der Waals surface area contributed by atoms with Gasteiger partial charge in [0.25, 0.3) is 0 Å². The number of aromatic nitrogens is 3. The summed E-state index contributed by atoms with van der Waals surface area (Å²) in [6.07, 6.45) is 3.71. The zero-order chi connectivity index (χ0) is 10.8. The summed E-state index contributed by atoms with van der Waals surface area (Å²) < 4.78 is 0. The Morgan fingerprint density at radius 2 is 2.06 bits per heavy atom. The zero-order valence-electron chi connectivity index (χ0n) is 8.42. The standard InChI is InChI=1S/C12H9N3S/c1-2-5-13-10(3-1)9-4-6-14-12(9)11-7-16-8-15-11/h1-8,14H. The van der Waals surface area contributed by atoms with E-state index >= 15 is 0 Å². The lowest BCUT2D eigenvalue weighted by atomic mass is 10.1. The fourth-order valence-electron chi connectivity index (χ4n) is 1.65. The molecule has 3 heterocycles. The Morgan fingerprint density at radius 1 is 1.06 bits per heavy atom. The van der Waals surface area contributed by atoms with E-state index in [9.17, 15) is 0 Å². The number of nitrogens with zero attached hydrogens (tertiary/aromatic N) is 2. The summed E-state index contributed by atoms with van der Waals surface area (Å²) in [6.45, 7) is 0. The van der Waals surface area contributed by atoms with Gasteiger partial charge in [0, 0.05) is 23.3 Å². The molecule has 0 aliphatic rings. The third kappa shape index (κ3) is 1.53. The first-order valence-corrected chi connectivity index (χ1v) is 5.87. The van der Waals surface area contributed by atoms with Crippen LogP contribution in [0.5, 0.6) is 0 Å². The van der Waals surface area contributed by atoms with Gasteiger partial charge in [-0.2, -0.15) is 0 Å². The molecule has 0 fully saturated rings. The zero-order valence-corrected chi connectivity index (χ0v) is 9.24. The van der Waals surface area contributed by atoms with Gasteiger partial charge >= 0.3 is 0 Å². The molecule has 3 aromatic rings. The van der Waals surface area contributed by atoms with Crippen molar-refractivity contribution < 1.29 is 0 Å². The van der Waals surface area contributed by atoms with Crippen molar-refractivity contribution in [1.82, 2.24) is 15.0 Å². The summed E-state index contributed by atoms with van der Waals surface area (Å²) >= 11 is 1.59. The van der Waals surface area contributed by atoms with Crippen molar-refractivity contribution >= 4 is 11.3 Å². The van der Waals surface area contributed by atoms with Gasteiger partial charge in [0.15, 0.2) is 0 Å². The van der Waals surface area contributed by atoms with E-state index in [-0.39, 0.29) is 0 Å². The predicted octanol–water partition coefficient (Wildman–Crippen LogP) is 3.20. The maximum atomic E-state index is 4.35. The second-order valence-electron chi connectivity index (χ2n) is 3.36. The Kier molecular flexibility index (Phi) is 2.27. The third-order valence-electron chi connectivity index (χ3n) is 2.38. The Labute approximate surface area is 96.8 Å². The monoisotopic (exact) mass is 227 g/mol. The van der Waals surface area contributed by atoms with E-state index in [1.807, 2.05) is 41.4 Å². The molecular weight excluding hydrogens is 218 g/mol. The second kappa shape index (κ2) is 3.90.